The zero-order chi connectivity index (χ0) is 12.1. The summed E-state index contributed by atoms with van der Waals surface area (Å²) in [6.45, 7) is 1.21. The van der Waals surface area contributed by atoms with E-state index in [2.05, 4.69) is 10.3 Å². The smallest absolute Gasteiger partial charge is 0.145 e. The monoisotopic (exact) mass is 247 g/mol. The minimum atomic E-state index is 0.536. The van der Waals surface area contributed by atoms with E-state index in [1.165, 1.54) is 0 Å². The SMILES string of the molecule is NCc1ccccc1CNc1ncccc1Cl. The van der Waals surface area contributed by atoms with E-state index in [0.29, 0.717) is 23.9 Å². The number of halogens is 1. The van der Waals surface area contributed by atoms with Gasteiger partial charge in [-0.15, -0.1) is 0 Å². The van der Waals surface area contributed by atoms with E-state index >= 15 is 0 Å². The third-order valence-corrected chi connectivity index (χ3v) is 2.85. The number of hydrogen-bond acceptors (Lipinski definition) is 3. The normalized spacial score (nSPS) is 10.2. The summed E-state index contributed by atoms with van der Waals surface area (Å²) in [5.74, 6) is 0.695. The number of hydrogen-bond donors (Lipinski definition) is 2. The number of pyridine rings is 1. The Hall–Kier alpha value is -1.58. The molecule has 3 nitrogen and oxygen atoms in total. The molecule has 88 valence electrons. The average Bonchev–Trinajstić information content (AvgIpc) is 2.38. The minimum Gasteiger partial charge on any atom is -0.365 e. The average molecular weight is 248 g/mol. The van der Waals surface area contributed by atoms with Gasteiger partial charge in [0, 0.05) is 19.3 Å². The molecule has 0 fully saturated rings. The van der Waals surface area contributed by atoms with Crippen LogP contribution in [0, 0.1) is 0 Å². The molecule has 1 aromatic carbocycles. The van der Waals surface area contributed by atoms with Gasteiger partial charge in [-0.25, -0.2) is 4.98 Å². The number of nitrogens with two attached hydrogens (primary N) is 1. The van der Waals surface area contributed by atoms with Gasteiger partial charge in [0.05, 0.1) is 5.02 Å². The zero-order valence-corrected chi connectivity index (χ0v) is 10.1. The van der Waals surface area contributed by atoms with Crippen LogP contribution in [0.15, 0.2) is 42.6 Å². The van der Waals surface area contributed by atoms with Crippen molar-refractivity contribution in [2.45, 2.75) is 13.1 Å². The van der Waals surface area contributed by atoms with Gasteiger partial charge in [-0.1, -0.05) is 35.9 Å². The number of rotatable bonds is 4. The Morgan fingerprint density at radius 1 is 1.12 bits per heavy atom. The first-order valence-electron chi connectivity index (χ1n) is 5.42. The molecule has 2 aromatic rings. The van der Waals surface area contributed by atoms with E-state index < -0.39 is 0 Å². The summed E-state index contributed by atoms with van der Waals surface area (Å²) in [6, 6.07) is 11.7. The molecule has 2 rings (SSSR count). The van der Waals surface area contributed by atoms with Gasteiger partial charge in [-0.05, 0) is 23.3 Å². The molecule has 0 atom stereocenters. The summed E-state index contributed by atoms with van der Waals surface area (Å²) in [5.41, 5.74) is 7.98. The van der Waals surface area contributed by atoms with Crippen molar-refractivity contribution in [2.75, 3.05) is 5.32 Å². The molecule has 17 heavy (non-hydrogen) atoms. The van der Waals surface area contributed by atoms with Crippen LogP contribution in [0.2, 0.25) is 5.02 Å². The van der Waals surface area contributed by atoms with E-state index in [0.717, 1.165) is 11.1 Å². The van der Waals surface area contributed by atoms with Gasteiger partial charge in [0.25, 0.3) is 0 Å². The fourth-order valence-corrected chi connectivity index (χ4v) is 1.81. The second kappa shape index (κ2) is 5.66. The number of nitrogens with zero attached hydrogens (tertiary/aromatic N) is 1. The molecule has 0 aliphatic heterocycles. The minimum absolute atomic E-state index is 0.536. The fourth-order valence-electron chi connectivity index (χ4n) is 1.62. The van der Waals surface area contributed by atoms with Crippen molar-refractivity contribution < 1.29 is 0 Å². The highest BCUT2D eigenvalue weighted by Crippen LogP contribution is 2.18. The van der Waals surface area contributed by atoms with Crippen molar-refractivity contribution in [1.29, 1.82) is 0 Å². The van der Waals surface area contributed by atoms with Crippen LogP contribution in [0.1, 0.15) is 11.1 Å². The van der Waals surface area contributed by atoms with E-state index in [1.54, 1.807) is 12.3 Å². The van der Waals surface area contributed by atoms with Gasteiger partial charge in [0.1, 0.15) is 5.82 Å². The lowest BCUT2D eigenvalue weighted by atomic mass is 10.1. The van der Waals surface area contributed by atoms with Crippen molar-refractivity contribution in [3.63, 3.8) is 0 Å². The van der Waals surface area contributed by atoms with Crippen molar-refractivity contribution in [1.82, 2.24) is 4.98 Å². The van der Waals surface area contributed by atoms with Gasteiger partial charge in [0.2, 0.25) is 0 Å². The predicted octanol–water partition coefficient (Wildman–Crippen LogP) is 2.81. The molecule has 0 aliphatic carbocycles. The number of anilines is 1. The second-order valence-electron chi connectivity index (χ2n) is 3.66. The molecule has 0 spiro atoms. The summed E-state index contributed by atoms with van der Waals surface area (Å²) < 4.78 is 0. The molecule has 1 aromatic heterocycles. The van der Waals surface area contributed by atoms with Gasteiger partial charge in [0.15, 0.2) is 0 Å². The summed E-state index contributed by atoms with van der Waals surface area (Å²) >= 11 is 6.01. The lowest BCUT2D eigenvalue weighted by molar-refractivity contribution is 1.00. The third-order valence-electron chi connectivity index (χ3n) is 2.54. The molecule has 4 heteroatoms. The van der Waals surface area contributed by atoms with Crippen molar-refractivity contribution in [2.24, 2.45) is 5.73 Å². The number of aromatic nitrogens is 1. The predicted molar refractivity (Wildman–Crippen MR) is 70.9 cm³/mol. The summed E-state index contributed by atoms with van der Waals surface area (Å²) in [6.07, 6.45) is 1.71. The summed E-state index contributed by atoms with van der Waals surface area (Å²) in [4.78, 5) is 4.17. The molecule has 0 aliphatic rings. The van der Waals surface area contributed by atoms with Crippen LogP contribution in [-0.2, 0) is 13.1 Å². The van der Waals surface area contributed by atoms with Gasteiger partial charge in [-0.2, -0.15) is 0 Å². The molecule has 0 saturated heterocycles. The fraction of sp³-hybridized carbons (Fsp3) is 0.154. The van der Waals surface area contributed by atoms with Gasteiger partial charge < -0.3 is 11.1 Å². The molecule has 3 N–H and O–H groups in total. The van der Waals surface area contributed by atoms with Crippen LogP contribution in [0.25, 0.3) is 0 Å². The van der Waals surface area contributed by atoms with Crippen LogP contribution in [0.3, 0.4) is 0 Å². The molecular formula is C13H14ClN3. The maximum Gasteiger partial charge on any atom is 0.145 e. The zero-order valence-electron chi connectivity index (χ0n) is 9.36. The topological polar surface area (TPSA) is 50.9 Å². The van der Waals surface area contributed by atoms with E-state index in [1.807, 2.05) is 30.3 Å². The van der Waals surface area contributed by atoms with Crippen LogP contribution in [0.4, 0.5) is 5.82 Å². The summed E-state index contributed by atoms with van der Waals surface area (Å²) in [7, 11) is 0. The van der Waals surface area contributed by atoms with E-state index in [4.69, 9.17) is 17.3 Å². The maximum absolute atomic E-state index is 6.01. The Morgan fingerprint density at radius 2 is 1.88 bits per heavy atom. The standard InChI is InChI=1S/C13H14ClN3/c14-12-6-3-7-16-13(12)17-9-11-5-2-1-4-10(11)8-15/h1-7H,8-9,15H2,(H,16,17). The maximum atomic E-state index is 6.01. The van der Waals surface area contributed by atoms with E-state index in [-0.39, 0.29) is 0 Å². The Balaban J connectivity index is 2.10. The molecular weight excluding hydrogens is 234 g/mol. The molecule has 0 amide bonds. The molecule has 0 radical (unpaired) electrons. The van der Waals surface area contributed by atoms with Crippen LogP contribution in [-0.4, -0.2) is 4.98 Å². The summed E-state index contributed by atoms with van der Waals surface area (Å²) in [5, 5.41) is 3.83. The quantitative estimate of drug-likeness (QED) is 0.874. The van der Waals surface area contributed by atoms with Gasteiger partial charge in [-0.3, -0.25) is 0 Å². The van der Waals surface area contributed by atoms with Crippen LogP contribution >= 0.6 is 11.6 Å². The largest absolute Gasteiger partial charge is 0.365 e. The van der Waals surface area contributed by atoms with Gasteiger partial charge >= 0.3 is 0 Å². The first-order chi connectivity index (χ1) is 8.31. The Kier molecular flexibility index (Phi) is 3.96. The Bertz CT molecular complexity index is 500. The van der Waals surface area contributed by atoms with Crippen molar-refractivity contribution >= 4 is 17.4 Å². The first kappa shape index (κ1) is 11.9. The molecule has 1 heterocycles. The van der Waals surface area contributed by atoms with Crippen molar-refractivity contribution in [3.8, 4) is 0 Å². The van der Waals surface area contributed by atoms with Crippen LogP contribution in [0.5, 0.6) is 0 Å². The lowest BCUT2D eigenvalue weighted by Gasteiger charge is -2.10. The van der Waals surface area contributed by atoms with Crippen LogP contribution < -0.4 is 11.1 Å². The Morgan fingerprint density at radius 3 is 2.59 bits per heavy atom. The highest BCUT2D eigenvalue weighted by Gasteiger charge is 2.02. The lowest BCUT2D eigenvalue weighted by Crippen LogP contribution is -2.07. The highest BCUT2D eigenvalue weighted by atomic mass is 35.5. The number of nitrogens with one attached hydrogen (secondary N) is 1. The molecule has 0 bridgehead atoms. The third kappa shape index (κ3) is 2.96. The highest BCUT2D eigenvalue weighted by molar-refractivity contribution is 6.32. The Labute approximate surface area is 106 Å². The van der Waals surface area contributed by atoms with Crippen molar-refractivity contribution in [3.05, 3.63) is 58.7 Å². The molecule has 0 unspecified atom stereocenters. The van der Waals surface area contributed by atoms with E-state index in [9.17, 15) is 0 Å². The first-order valence-corrected chi connectivity index (χ1v) is 5.80. The molecule has 0 saturated carbocycles. The number of benzene rings is 1. The second-order valence-corrected chi connectivity index (χ2v) is 4.07.